The summed E-state index contributed by atoms with van der Waals surface area (Å²) >= 11 is 11.9. The molecule has 5 nitrogen and oxygen atoms in total. The average molecular weight is 349 g/mol. The molecule has 0 bridgehead atoms. The Hall–Kier alpha value is -0.560. The number of hydrogen-bond donors (Lipinski definition) is 2. The van der Waals surface area contributed by atoms with Crippen LogP contribution in [0.3, 0.4) is 0 Å². The quantitative estimate of drug-likeness (QED) is 0.812. The molecule has 1 aliphatic rings. The lowest BCUT2D eigenvalue weighted by Gasteiger charge is -2.39. The smallest absolute Gasteiger partial charge is 0.138 e. The topological polar surface area (TPSA) is 56.2 Å². The fourth-order valence-electron chi connectivity index (χ4n) is 2.50. The Labute approximate surface area is 141 Å². The molecule has 1 aromatic rings. The van der Waals surface area contributed by atoms with Crippen LogP contribution >= 0.6 is 23.2 Å². The summed E-state index contributed by atoms with van der Waals surface area (Å²) in [6.07, 6.45) is -0.616. The number of likely N-dealkylation sites (N-methyl/N-ethyl adjacent to an activating group) is 1. The number of piperazine rings is 1. The summed E-state index contributed by atoms with van der Waals surface area (Å²) in [7, 11) is 2.00. The minimum Gasteiger partial charge on any atom is -0.489 e. The molecule has 0 aromatic heterocycles. The highest BCUT2D eigenvalue weighted by molar-refractivity contribution is 6.35. The molecule has 0 aliphatic carbocycles. The zero-order chi connectivity index (χ0) is 16.1. The Morgan fingerprint density at radius 3 is 2.82 bits per heavy atom. The normalized spacial score (nSPS) is 21.8. The van der Waals surface area contributed by atoms with Gasteiger partial charge in [-0.1, -0.05) is 23.2 Å². The van der Waals surface area contributed by atoms with Gasteiger partial charge in [-0.05, 0) is 25.2 Å². The second kappa shape index (κ2) is 8.34. The van der Waals surface area contributed by atoms with Crippen molar-refractivity contribution in [3.63, 3.8) is 0 Å². The second-order valence-electron chi connectivity index (χ2n) is 5.62. The van der Waals surface area contributed by atoms with Crippen LogP contribution in [0.1, 0.15) is 0 Å². The molecule has 2 rings (SSSR count). The number of nitrogens with zero attached hydrogens (tertiary/aromatic N) is 2. The number of aliphatic hydroxyl groups excluding tert-OH is 2. The molecule has 0 unspecified atom stereocenters. The lowest BCUT2D eigenvalue weighted by molar-refractivity contribution is 0.0175. The number of ether oxygens (including phenoxy) is 1. The van der Waals surface area contributed by atoms with Gasteiger partial charge in [0.1, 0.15) is 18.5 Å². The average Bonchev–Trinajstić information content (AvgIpc) is 2.48. The molecule has 0 radical (unpaired) electrons. The number of benzene rings is 1. The van der Waals surface area contributed by atoms with Crippen LogP contribution in [0.2, 0.25) is 10.0 Å². The molecule has 2 N–H and O–H groups in total. The molecule has 1 aromatic carbocycles. The largest absolute Gasteiger partial charge is 0.489 e. The molecule has 1 saturated heterocycles. The maximum atomic E-state index is 10.1. The molecular formula is C15H22Cl2N2O3. The fourth-order valence-corrected chi connectivity index (χ4v) is 2.97. The van der Waals surface area contributed by atoms with Crippen molar-refractivity contribution in [1.82, 2.24) is 9.80 Å². The van der Waals surface area contributed by atoms with Gasteiger partial charge in [-0.3, -0.25) is 9.80 Å². The summed E-state index contributed by atoms with van der Waals surface area (Å²) in [4.78, 5) is 4.27. The lowest BCUT2D eigenvalue weighted by atomic mass is 10.2. The molecule has 1 heterocycles. The van der Waals surface area contributed by atoms with Crippen LogP contribution in [-0.4, -0.2) is 78.6 Å². The van der Waals surface area contributed by atoms with Gasteiger partial charge in [-0.25, -0.2) is 0 Å². The van der Waals surface area contributed by atoms with Crippen LogP contribution in [0.15, 0.2) is 18.2 Å². The van der Waals surface area contributed by atoms with E-state index in [1.54, 1.807) is 18.2 Å². The lowest BCUT2D eigenvalue weighted by Crippen LogP contribution is -2.54. The predicted molar refractivity (Wildman–Crippen MR) is 87.9 cm³/mol. The molecule has 0 amide bonds. The Morgan fingerprint density at radius 1 is 1.36 bits per heavy atom. The first-order chi connectivity index (χ1) is 10.5. The first-order valence-electron chi connectivity index (χ1n) is 7.29. The van der Waals surface area contributed by atoms with Crippen LogP contribution in [0.5, 0.6) is 5.75 Å². The Bertz CT molecular complexity index is 490. The maximum Gasteiger partial charge on any atom is 0.138 e. The molecule has 22 heavy (non-hydrogen) atoms. The van der Waals surface area contributed by atoms with Crippen molar-refractivity contribution < 1.29 is 14.9 Å². The van der Waals surface area contributed by atoms with Crippen molar-refractivity contribution in [3.8, 4) is 5.75 Å². The van der Waals surface area contributed by atoms with Gasteiger partial charge < -0.3 is 14.9 Å². The van der Waals surface area contributed by atoms with Crippen LogP contribution < -0.4 is 4.74 Å². The van der Waals surface area contributed by atoms with Gasteiger partial charge in [-0.15, -0.1) is 0 Å². The van der Waals surface area contributed by atoms with E-state index in [4.69, 9.17) is 27.9 Å². The van der Waals surface area contributed by atoms with Gasteiger partial charge in [0.15, 0.2) is 0 Å². The third-order valence-corrected chi connectivity index (χ3v) is 4.40. The van der Waals surface area contributed by atoms with Crippen molar-refractivity contribution in [2.45, 2.75) is 12.1 Å². The maximum absolute atomic E-state index is 10.1. The Balaban J connectivity index is 1.79. The number of β-amino-alcohol motifs (C(OH)–C–C–N with tert-alkyl or cyclic N) is 1. The third-order valence-electron chi connectivity index (χ3n) is 3.87. The van der Waals surface area contributed by atoms with E-state index >= 15 is 0 Å². The standard InChI is InChI=1S/C15H22Cl2N2O3/c1-18-4-5-19(7-12(18)9-20)8-13(21)10-22-15-3-2-11(16)6-14(15)17/h2-3,6,12-13,20-21H,4-5,7-10H2,1H3/t12-,13-/m0/s1. The van der Waals surface area contributed by atoms with Crippen molar-refractivity contribution >= 4 is 23.2 Å². The highest BCUT2D eigenvalue weighted by Gasteiger charge is 2.25. The summed E-state index contributed by atoms with van der Waals surface area (Å²) in [6.45, 7) is 3.28. The number of rotatable bonds is 6. The SMILES string of the molecule is CN1CCN(C[C@H](O)COc2ccc(Cl)cc2Cl)C[C@H]1CO. The number of halogens is 2. The molecule has 1 aliphatic heterocycles. The summed E-state index contributed by atoms with van der Waals surface area (Å²) in [5, 5.41) is 20.4. The van der Waals surface area contributed by atoms with Gasteiger partial charge in [0.2, 0.25) is 0 Å². The van der Waals surface area contributed by atoms with Crippen LogP contribution in [0, 0.1) is 0 Å². The van der Waals surface area contributed by atoms with Gasteiger partial charge in [0.25, 0.3) is 0 Å². The minimum atomic E-state index is -0.616. The first-order valence-corrected chi connectivity index (χ1v) is 8.04. The summed E-state index contributed by atoms with van der Waals surface area (Å²) in [5.74, 6) is 0.511. The van der Waals surface area contributed by atoms with E-state index < -0.39 is 6.10 Å². The second-order valence-corrected chi connectivity index (χ2v) is 6.46. The van der Waals surface area contributed by atoms with Crippen molar-refractivity contribution in [3.05, 3.63) is 28.2 Å². The van der Waals surface area contributed by atoms with E-state index in [0.29, 0.717) is 22.3 Å². The minimum absolute atomic E-state index is 0.118. The zero-order valence-corrected chi connectivity index (χ0v) is 14.1. The molecule has 1 fully saturated rings. The Morgan fingerprint density at radius 2 is 2.14 bits per heavy atom. The van der Waals surface area contributed by atoms with Crippen LogP contribution in [-0.2, 0) is 0 Å². The first kappa shape index (κ1) is 17.8. The molecule has 7 heteroatoms. The molecule has 0 saturated carbocycles. The number of aliphatic hydroxyl groups is 2. The van der Waals surface area contributed by atoms with Gasteiger partial charge in [-0.2, -0.15) is 0 Å². The van der Waals surface area contributed by atoms with E-state index in [9.17, 15) is 10.2 Å². The van der Waals surface area contributed by atoms with Crippen LogP contribution in [0.4, 0.5) is 0 Å². The molecular weight excluding hydrogens is 327 g/mol. The van der Waals surface area contributed by atoms with Gasteiger partial charge in [0.05, 0.1) is 11.6 Å². The fraction of sp³-hybridized carbons (Fsp3) is 0.600. The molecule has 2 atom stereocenters. The highest BCUT2D eigenvalue weighted by atomic mass is 35.5. The number of hydrogen-bond acceptors (Lipinski definition) is 5. The van der Waals surface area contributed by atoms with E-state index in [-0.39, 0.29) is 19.3 Å². The zero-order valence-electron chi connectivity index (χ0n) is 12.6. The van der Waals surface area contributed by atoms with E-state index in [1.165, 1.54) is 0 Å². The summed E-state index contributed by atoms with van der Waals surface area (Å²) < 4.78 is 5.54. The molecule has 124 valence electrons. The Kier molecular flexibility index (Phi) is 6.74. The van der Waals surface area contributed by atoms with Gasteiger partial charge in [0, 0.05) is 37.2 Å². The van der Waals surface area contributed by atoms with E-state index in [2.05, 4.69) is 9.80 Å². The van der Waals surface area contributed by atoms with Crippen molar-refractivity contribution in [2.24, 2.45) is 0 Å². The van der Waals surface area contributed by atoms with E-state index in [0.717, 1.165) is 19.6 Å². The summed E-state index contributed by atoms with van der Waals surface area (Å²) in [5.41, 5.74) is 0. The van der Waals surface area contributed by atoms with Crippen molar-refractivity contribution in [2.75, 3.05) is 46.4 Å². The van der Waals surface area contributed by atoms with E-state index in [1.807, 2.05) is 7.05 Å². The van der Waals surface area contributed by atoms with Crippen molar-refractivity contribution in [1.29, 1.82) is 0 Å². The monoisotopic (exact) mass is 348 g/mol. The molecule has 0 spiro atoms. The van der Waals surface area contributed by atoms with Crippen LogP contribution in [0.25, 0.3) is 0 Å². The van der Waals surface area contributed by atoms with Gasteiger partial charge >= 0.3 is 0 Å². The predicted octanol–water partition coefficient (Wildman–Crippen LogP) is 1.34. The third kappa shape index (κ3) is 4.98. The highest BCUT2D eigenvalue weighted by Crippen LogP contribution is 2.27. The summed E-state index contributed by atoms with van der Waals surface area (Å²) in [6, 6.07) is 5.11.